The Morgan fingerprint density at radius 1 is 1.21 bits per heavy atom. The van der Waals surface area contributed by atoms with Gasteiger partial charge >= 0.3 is 0 Å². The number of nitrogens with two attached hydrogens (primary N) is 1. The van der Waals surface area contributed by atoms with Crippen LogP contribution in [0.15, 0.2) is 18.2 Å². The number of aromatic nitrogens is 1. The third-order valence-corrected chi connectivity index (χ3v) is 5.70. The Hall–Kier alpha value is -1.29. The molecule has 0 radical (unpaired) electrons. The lowest BCUT2D eigenvalue weighted by Gasteiger charge is -2.37. The highest BCUT2D eigenvalue weighted by Crippen LogP contribution is 2.41. The Morgan fingerprint density at radius 3 is 3.05 bits per heavy atom. The minimum atomic E-state index is 0.742. The summed E-state index contributed by atoms with van der Waals surface area (Å²) in [6.45, 7) is 1.18. The molecule has 4 heteroatoms. The molecule has 1 aliphatic carbocycles. The zero-order chi connectivity index (χ0) is 12.8. The molecule has 1 saturated carbocycles. The molecule has 1 aliphatic heterocycles. The predicted octanol–water partition coefficient (Wildman–Crippen LogP) is 3.65. The minimum absolute atomic E-state index is 0.742. The smallest absolute Gasteiger partial charge is 0.186 e. The second kappa shape index (κ2) is 4.37. The number of nitrogens with zero attached hydrogens (tertiary/aromatic N) is 2. The molecule has 2 aromatic rings. The van der Waals surface area contributed by atoms with Crippen molar-refractivity contribution >= 4 is 32.4 Å². The molecule has 4 rings (SSSR count). The molecule has 0 spiro atoms. The van der Waals surface area contributed by atoms with Crippen molar-refractivity contribution in [2.75, 3.05) is 17.2 Å². The first-order valence-corrected chi connectivity index (χ1v) is 8.05. The van der Waals surface area contributed by atoms with Gasteiger partial charge < -0.3 is 10.6 Å². The standard InChI is InChI=1S/C15H19N3S/c16-11-6-7-12-14(9-11)19-15(17-12)18-8-2-4-10-3-1-5-13(10)18/h6-7,9-10,13H,1-5,8,16H2. The summed E-state index contributed by atoms with van der Waals surface area (Å²) in [6.07, 6.45) is 6.89. The fraction of sp³-hybridized carbons (Fsp3) is 0.533. The number of fused-ring (bicyclic) bond motifs is 2. The molecule has 2 fully saturated rings. The second-order valence-corrected chi connectivity index (χ2v) is 6.83. The SMILES string of the molecule is Nc1ccc2nc(N3CCCC4CCCC43)sc2c1. The lowest BCUT2D eigenvalue weighted by molar-refractivity contribution is 0.362. The Balaban J connectivity index is 1.72. The van der Waals surface area contributed by atoms with Gasteiger partial charge in [-0.2, -0.15) is 0 Å². The summed E-state index contributed by atoms with van der Waals surface area (Å²) in [4.78, 5) is 7.40. The lowest BCUT2D eigenvalue weighted by atomic mass is 9.92. The number of rotatable bonds is 1. The zero-order valence-electron chi connectivity index (χ0n) is 11.0. The van der Waals surface area contributed by atoms with E-state index in [1.54, 1.807) is 11.3 Å². The Morgan fingerprint density at radius 2 is 2.11 bits per heavy atom. The summed E-state index contributed by atoms with van der Waals surface area (Å²) in [5.74, 6) is 0.908. The van der Waals surface area contributed by atoms with Gasteiger partial charge in [0, 0.05) is 18.3 Å². The van der Waals surface area contributed by atoms with E-state index in [4.69, 9.17) is 10.7 Å². The molecule has 19 heavy (non-hydrogen) atoms. The molecule has 1 aromatic heterocycles. The quantitative estimate of drug-likeness (QED) is 0.806. The van der Waals surface area contributed by atoms with E-state index in [9.17, 15) is 0 Å². The molecular weight excluding hydrogens is 254 g/mol. The van der Waals surface area contributed by atoms with E-state index in [-0.39, 0.29) is 0 Å². The molecule has 2 heterocycles. The van der Waals surface area contributed by atoms with Crippen LogP contribution in [0.3, 0.4) is 0 Å². The van der Waals surface area contributed by atoms with Gasteiger partial charge in [0.15, 0.2) is 5.13 Å². The lowest BCUT2D eigenvalue weighted by Crippen LogP contribution is -2.42. The number of hydrogen-bond acceptors (Lipinski definition) is 4. The fourth-order valence-electron chi connectivity index (χ4n) is 3.74. The highest BCUT2D eigenvalue weighted by atomic mass is 32.1. The highest BCUT2D eigenvalue weighted by molar-refractivity contribution is 7.22. The maximum atomic E-state index is 5.86. The van der Waals surface area contributed by atoms with E-state index < -0.39 is 0 Å². The van der Waals surface area contributed by atoms with Gasteiger partial charge in [0.05, 0.1) is 10.2 Å². The van der Waals surface area contributed by atoms with Crippen LogP contribution in [0.1, 0.15) is 32.1 Å². The van der Waals surface area contributed by atoms with Crippen LogP contribution >= 0.6 is 11.3 Å². The van der Waals surface area contributed by atoms with Crippen molar-refractivity contribution in [1.82, 2.24) is 4.98 Å². The van der Waals surface area contributed by atoms with E-state index in [0.29, 0.717) is 0 Å². The largest absolute Gasteiger partial charge is 0.399 e. The van der Waals surface area contributed by atoms with E-state index in [1.807, 2.05) is 18.2 Å². The number of nitrogen functional groups attached to an aromatic ring is 1. The van der Waals surface area contributed by atoms with Gasteiger partial charge in [-0.1, -0.05) is 17.8 Å². The van der Waals surface area contributed by atoms with Gasteiger partial charge in [-0.25, -0.2) is 4.98 Å². The molecule has 2 aliphatic rings. The Labute approximate surface area is 117 Å². The summed E-state index contributed by atoms with van der Waals surface area (Å²) in [7, 11) is 0. The van der Waals surface area contributed by atoms with E-state index in [0.717, 1.165) is 23.2 Å². The topological polar surface area (TPSA) is 42.1 Å². The predicted molar refractivity (Wildman–Crippen MR) is 81.7 cm³/mol. The van der Waals surface area contributed by atoms with Crippen LogP contribution in [0.4, 0.5) is 10.8 Å². The molecule has 2 atom stereocenters. The van der Waals surface area contributed by atoms with Crippen molar-refractivity contribution in [3.05, 3.63) is 18.2 Å². The van der Waals surface area contributed by atoms with Crippen LogP contribution in [0.5, 0.6) is 0 Å². The van der Waals surface area contributed by atoms with Crippen molar-refractivity contribution in [3.8, 4) is 0 Å². The molecule has 1 saturated heterocycles. The van der Waals surface area contributed by atoms with Crippen molar-refractivity contribution < 1.29 is 0 Å². The molecular formula is C15H19N3S. The van der Waals surface area contributed by atoms with Crippen molar-refractivity contribution in [3.63, 3.8) is 0 Å². The third-order valence-electron chi connectivity index (χ3n) is 4.64. The monoisotopic (exact) mass is 273 g/mol. The van der Waals surface area contributed by atoms with Crippen LogP contribution in [0.25, 0.3) is 10.2 Å². The minimum Gasteiger partial charge on any atom is -0.399 e. The number of piperidine rings is 1. The van der Waals surface area contributed by atoms with Crippen molar-refractivity contribution in [2.24, 2.45) is 5.92 Å². The molecule has 3 nitrogen and oxygen atoms in total. The molecule has 2 N–H and O–H groups in total. The molecule has 0 amide bonds. The van der Waals surface area contributed by atoms with E-state index in [1.165, 1.54) is 48.5 Å². The number of anilines is 2. The van der Waals surface area contributed by atoms with Gasteiger partial charge in [0.25, 0.3) is 0 Å². The normalized spacial score (nSPS) is 26.8. The van der Waals surface area contributed by atoms with Crippen molar-refractivity contribution in [2.45, 2.75) is 38.1 Å². The summed E-state index contributed by atoms with van der Waals surface area (Å²) in [6, 6.07) is 6.78. The molecule has 100 valence electrons. The summed E-state index contributed by atoms with van der Waals surface area (Å²) in [5.41, 5.74) is 7.79. The van der Waals surface area contributed by atoms with Crippen LogP contribution in [0, 0.1) is 5.92 Å². The summed E-state index contributed by atoms with van der Waals surface area (Å²) >= 11 is 1.80. The number of thiazole rings is 1. The molecule has 0 bridgehead atoms. The van der Waals surface area contributed by atoms with Gasteiger partial charge in [-0.05, 0) is 49.8 Å². The fourth-order valence-corrected chi connectivity index (χ4v) is 4.84. The van der Waals surface area contributed by atoms with Gasteiger partial charge in [0.2, 0.25) is 0 Å². The first-order valence-electron chi connectivity index (χ1n) is 7.24. The Kier molecular flexibility index (Phi) is 2.65. The maximum absolute atomic E-state index is 5.86. The first kappa shape index (κ1) is 11.5. The van der Waals surface area contributed by atoms with Crippen molar-refractivity contribution in [1.29, 1.82) is 0 Å². The van der Waals surface area contributed by atoms with Gasteiger partial charge in [-0.3, -0.25) is 0 Å². The molecule has 1 aromatic carbocycles. The average molecular weight is 273 g/mol. The van der Waals surface area contributed by atoms with Crippen LogP contribution in [-0.4, -0.2) is 17.6 Å². The summed E-state index contributed by atoms with van der Waals surface area (Å²) in [5, 5.41) is 1.21. The van der Waals surface area contributed by atoms with Gasteiger partial charge in [-0.15, -0.1) is 0 Å². The molecule has 2 unspecified atom stereocenters. The number of hydrogen-bond donors (Lipinski definition) is 1. The van der Waals surface area contributed by atoms with Gasteiger partial charge in [0.1, 0.15) is 0 Å². The number of benzene rings is 1. The van der Waals surface area contributed by atoms with E-state index in [2.05, 4.69) is 4.90 Å². The first-order chi connectivity index (χ1) is 9.31. The Bertz CT molecular complexity index is 606. The van der Waals surface area contributed by atoms with E-state index >= 15 is 0 Å². The average Bonchev–Trinajstić information content (AvgIpc) is 3.03. The maximum Gasteiger partial charge on any atom is 0.186 e. The highest BCUT2D eigenvalue weighted by Gasteiger charge is 2.36. The third kappa shape index (κ3) is 1.89. The second-order valence-electron chi connectivity index (χ2n) is 5.82. The van der Waals surface area contributed by atoms with Crippen LogP contribution in [-0.2, 0) is 0 Å². The van der Waals surface area contributed by atoms with Crippen LogP contribution < -0.4 is 10.6 Å². The summed E-state index contributed by atoms with van der Waals surface area (Å²) < 4.78 is 1.22. The zero-order valence-corrected chi connectivity index (χ0v) is 11.8. The van der Waals surface area contributed by atoms with Crippen LogP contribution in [0.2, 0.25) is 0 Å².